The smallest absolute Gasteiger partial charge is 0.269 e. The second kappa shape index (κ2) is 6.90. The van der Waals surface area contributed by atoms with Gasteiger partial charge in [0.1, 0.15) is 12.1 Å². The van der Waals surface area contributed by atoms with Gasteiger partial charge in [0.2, 0.25) is 11.0 Å². The first kappa shape index (κ1) is 16.3. The molecule has 24 heavy (non-hydrogen) atoms. The Morgan fingerprint density at radius 2 is 2.12 bits per heavy atom. The Hall–Kier alpha value is -2.58. The average Bonchev–Trinajstić information content (AvgIpc) is 3.14. The van der Waals surface area contributed by atoms with Crippen molar-refractivity contribution in [3.63, 3.8) is 0 Å². The third-order valence-electron chi connectivity index (χ3n) is 3.27. The fraction of sp³-hybridized carbons (Fsp3) is 0.125. The fourth-order valence-electron chi connectivity index (χ4n) is 2.07. The van der Waals surface area contributed by atoms with E-state index in [4.69, 9.17) is 0 Å². The highest BCUT2D eigenvalue weighted by Gasteiger charge is 2.10. The predicted molar refractivity (Wildman–Crippen MR) is 96.6 cm³/mol. The monoisotopic (exact) mass is 358 g/mol. The Bertz CT molecular complexity index is 1020. The van der Waals surface area contributed by atoms with Gasteiger partial charge in [-0.1, -0.05) is 47.7 Å². The minimum absolute atomic E-state index is 0.102. The quantitative estimate of drug-likeness (QED) is 0.753. The van der Waals surface area contributed by atoms with E-state index in [1.165, 1.54) is 32.8 Å². The maximum atomic E-state index is 12.5. The molecule has 0 aliphatic heterocycles. The summed E-state index contributed by atoms with van der Waals surface area (Å²) in [4.78, 5) is 24.5. The van der Waals surface area contributed by atoms with Crippen molar-refractivity contribution < 1.29 is 4.79 Å². The van der Waals surface area contributed by atoms with Gasteiger partial charge in [-0.05, 0) is 18.6 Å². The first-order valence-corrected chi connectivity index (χ1v) is 8.75. The minimum Gasteiger partial charge on any atom is -0.299 e. The normalized spacial score (nSPS) is 11.6. The number of carbonyl (C=O) groups excluding carboxylic acids is 1. The van der Waals surface area contributed by atoms with E-state index in [-0.39, 0.29) is 18.0 Å². The largest absolute Gasteiger partial charge is 0.299 e. The van der Waals surface area contributed by atoms with Gasteiger partial charge in [-0.3, -0.25) is 19.5 Å². The summed E-state index contributed by atoms with van der Waals surface area (Å²) in [5.74, 6) is -0.335. The lowest BCUT2D eigenvalue weighted by molar-refractivity contribution is -0.116. The molecule has 6 nitrogen and oxygen atoms in total. The zero-order valence-electron chi connectivity index (χ0n) is 12.9. The van der Waals surface area contributed by atoms with Gasteiger partial charge in [0.25, 0.3) is 5.56 Å². The molecular formula is C16H14N4O2S2. The molecule has 1 N–H and O–H groups in total. The number of anilines is 1. The number of aromatic nitrogens is 3. The van der Waals surface area contributed by atoms with Crippen molar-refractivity contribution in [2.75, 3.05) is 5.32 Å². The van der Waals surface area contributed by atoms with Crippen molar-refractivity contribution in [3.05, 3.63) is 60.5 Å². The number of benzene rings is 1. The van der Waals surface area contributed by atoms with Crippen LogP contribution < -0.4 is 20.1 Å². The van der Waals surface area contributed by atoms with E-state index in [0.29, 0.717) is 14.3 Å². The van der Waals surface area contributed by atoms with Gasteiger partial charge in [-0.2, -0.15) is 0 Å². The Kier molecular flexibility index (Phi) is 4.68. The molecule has 0 saturated carbocycles. The second-order valence-corrected chi connectivity index (χ2v) is 7.05. The molecular weight excluding hydrogens is 344 g/mol. The highest BCUT2D eigenvalue weighted by molar-refractivity contribution is 7.13. The van der Waals surface area contributed by atoms with Crippen LogP contribution >= 0.6 is 22.7 Å². The van der Waals surface area contributed by atoms with Crippen LogP contribution in [0.3, 0.4) is 0 Å². The van der Waals surface area contributed by atoms with Crippen molar-refractivity contribution >= 4 is 46.4 Å². The first-order valence-electron chi connectivity index (χ1n) is 7.06. The molecule has 8 heteroatoms. The van der Waals surface area contributed by atoms with Crippen molar-refractivity contribution in [1.82, 2.24) is 14.8 Å². The summed E-state index contributed by atoms with van der Waals surface area (Å²) in [6.45, 7) is 5.77. The molecule has 2 aromatic heterocycles. The van der Waals surface area contributed by atoms with Crippen LogP contribution in [-0.4, -0.2) is 20.7 Å². The lowest BCUT2D eigenvalue weighted by Crippen LogP contribution is -2.35. The van der Waals surface area contributed by atoms with Crippen LogP contribution in [0.1, 0.15) is 11.1 Å². The number of carbonyl (C=O) groups is 1. The third-order valence-corrected chi connectivity index (χ3v) is 4.84. The zero-order chi connectivity index (χ0) is 17.1. The number of hydrogen-bond donors (Lipinski definition) is 1. The van der Waals surface area contributed by atoms with Crippen molar-refractivity contribution in [2.45, 2.75) is 13.5 Å². The number of thiazole rings is 1. The van der Waals surface area contributed by atoms with E-state index < -0.39 is 0 Å². The van der Waals surface area contributed by atoms with E-state index in [1.54, 1.807) is 6.08 Å². The molecule has 0 spiro atoms. The summed E-state index contributed by atoms with van der Waals surface area (Å²) in [7, 11) is 0. The number of amides is 1. The number of nitrogens with one attached hydrogen (secondary N) is 1. The highest BCUT2D eigenvalue weighted by Crippen LogP contribution is 2.07. The summed E-state index contributed by atoms with van der Waals surface area (Å²) in [5, 5.41) is 10.4. The van der Waals surface area contributed by atoms with Crippen molar-refractivity contribution in [2.24, 2.45) is 0 Å². The lowest BCUT2D eigenvalue weighted by atomic mass is 10.1. The summed E-state index contributed by atoms with van der Waals surface area (Å²) in [5.41, 5.74) is 3.39. The fourth-order valence-corrected chi connectivity index (χ4v) is 3.43. The van der Waals surface area contributed by atoms with Gasteiger partial charge >= 0.3 is 0 Å². The second-order valence-electron chi connectivity index (χ2n) is 5.10. The molecule has 3 rings (SSSR count). The van der Waals surface area contributed by atoms with Crippen LogP contribution in [0.15, 0.2) is 34.6 Å². The number of rotatable bonds is 4. The van der Waals surface area contributed by atoms with Crippen LogP contribution in [0.4, 0.5) is 5.13 Å². The van der Waals surface area contributed by atoms with Gasteiger partial charge in [-0.15, -0.1) is 21.5 Å². The summed E-state index contributed by atoms with van der Waals surface area (Å²) >= 11 is 2.49. The first-order chi connectivity index (χ1) is 11.5. The number of nitrogens with zero attached hydrogens (tertiary/aromatic N) is 3. The molecule has 1 amide bonds. The highest BCUT2D eigenvalue weighted by atomic mass is 32.1. The summed E-state index contributed by atoms with van der Waals surface area (Å²) < 4.78 is 2.44. The van der Waals surface area contributed by atoms with Gasteiger partial charge in [0.15, 0.2) is 0 Å². The zero-order valence-corrected chi connectivity index (χ0v) is 14.5. The number of aryl methyl sites for hydroxylation is 1. The summed E-state index contributed by atoms with van der Waals surface area (Å²) in [6, 6.07) is 7.87. The molecule has 0 fully saturated rings. The SMILES string of the molecule is C=c1s/c(=C\c2ccc(C)cc2)c(=O)n1CC(=O)Nc1nncs1. The average molecular weight is 358 g/mol. The summed E-state index contributed by atoms with van der Waals surface area (Å²) in [6.07, 6.45) is 1.81. The molecule has 0 unspecified atom stereocenters. The molecule has 2 heterocycles. The maximum Gasteiger partial charge on any atom is 0.269 e. The molecule has 3 aromatic rings. The molecule has 122 valence electrons. The van der Waals surface area contributed by atoms with E-state index in [9.17, 15) is 9.59 Å². The predicted octanol–water partition coefficient (Wildman–Crippen LogP) is 0.948. The van der Waals surface area contributed by atoms with Crippen LogP contribution in [0.5, 0.6) is 0 Å². The Labute approximate surface area is 145 Å². The van der Waals surface area contributed by atoms with E-state index >= 15 is 0 Å². The van der Waals surface area contributed by atoms with Crippen LogP contribution in [0.2, 0.25) is 0 Å². The van der Waals surface area contributed by atoms with Crippen LogP contribution in [0.25, 0.3) is 12.7 Å². The van der Waals surface area contributed by atoms with E-state index in [0.717, 1.165) is 11.1 Å². The molecule has 1 aromatic carbocycles. The van der Waals surface area contributed by atoms with Gasteiger partial charge in [-0.25, -0.2) is 0 Å². The molecule has 0 bridgehead atoms. The van der Waals surface area contributed by atoms with E-state index in [2.05, 4.69) is 22.1 Å². The molecule has 0 saturated heterocycles. The Morgan fingerprint density at radius 1 is 1.38 bits per heavy atom. The molecule has 0 aliphatic carbocycles. The molecule has 0 atom stereocenters. The van der Waals surface area contributed by atoms with Gasteiger partial charge in [0.05, 0.1) is 9.20 Å². The van der Waals surface area contributed by atoms with Crippen LogP contribution in [-0.2, 0) is 11.3 Å². The number of hydrogen-bond acceptors (Lipinski definition) is 6. The molecule has 0 radical (unpaired) electrons. The standard InChI is InChI=1S/C16H14N4O2S2/c1-10-3-5-12(6-4-10)7-13-15(22)20(11(2)24-13)8-14(21)18-16-19-17-9-23-16/h3-7,9H,2,8H2,1H3,(H,18,19,21)/b13-7-. The Balaban J connectivity index is 1.86. The minimum atomic E-state index is -0.335. The maximum absolute atomic E-state index is 12.5. The van der Waals surface area contributed by atoms with Crippen molar-refractivity contribution in [1.29, 1.82) is 0 Å². The van der Waals surface area contributed by atoms with Crippen molar-refractivity contribution in [3.8, 4) is 0 Å². The van der Waals surface area contributed by atoms with Gasteiger partial charge < -0.3 is 0 Å². The third kappa shape index (κ3) is 3.66. The Morgan fingerprint density at radius 3 is 2.79 bits per heavy atom. The van der Waals surface area contributed by atoms with Gasteiger partial charge in [0, 0.05) is 0 Å². The molecule has 0 aliphatic rings. The van der Waals surface area contributed by atoms with E-state index in [1.807, 2.05) is 31.2 Å². The topological polar surface area (TPSA) is 76.9 Å². The van der Waals surface area contributed by atoms with Crippen LogP contribution in [0, 0.1) is 6.92 Å². The lowest BCUT2D eigenvalue weighted by Gasteiger charge is -2.01.